The van der Waals surface area contributed by atoms with Crippen LogP contribution in [-0.4, -0.2) is 28.1 Å². The number of aliphatic hydroxyl groups is 1. The van der Waals surface area contributed by atoms with Gasteiger partial charge in [-0.1, -0.05) is 6.92 Å². The van der Waals surface area contributed by atoms with Gasteiger partial charge in [0.2, 0.25) is 0 Å². The van der Waals surface area contributed by atoms with E-state index in [0.29, 0.717) is 13.0 Å². The molecule has 0 radical (unpaired) electrons. The molecule has 0 aliphatic heterocycles. The van der Waals surface area contributed by atoms with Crippen molar-refractivity contribution >= 4 is 0 Å². The SMILES string of the molecule is CCC(O)c1cnn(CC(C)OC)c1. The van der Waals surface area contributed by atoms with Gasteiger partial charge in [0, 0.05) is 18.9 Å². The second kappa shape index (κ2) is 5.12. The van der Waals surface area contributed by atoms with Crippen molar-refractivity contribution in [3.05, 3.63) is 18.0 Å². The van der Waals surface area contributed by atoms with E-state index in [1.165, 1.54) is 0 Å². The summed E-state index contributed by atoms with van der Waals surface area (Å²) in [5, 5.41) is 13.7. The molecule has 1 N–H and O–H groups in total. The summed E-state index contributed by atoms with van der Waals surface area (Å²) in [6.07, 6.45) is 4.02. The Kier molecular flexibility index (Phi) is 4.10. The Morgan fingerprint density at radius 2 is 2.36 bits per heavy atom. The van der Waals surface area contributed by atoms with Crippen LogP contribution in [0.2, 0.25) is 0 Å². The summed E-state index contributed by atoms with van der Waals surface area (Å²) < 4.78 is 6.92. The van der Waals surface area contributed by atoms with E-state index in [1.807, 2.05) is 20.0 Å². The molecule has 0 amide bonds. The van der Waals surface area contributed by atoms with Crippen LogP contribution in [0, 0.1) is 0 Å². The van der Waals surface area contributed by atoms with Crippen molar-refractivity contribution in [3.8, 4) is 0 Å². The first-order chi connectivity index (χ1) is 6.67. The van der Waals surface area contributed by atoms with Crippen molar-refractivity contribution in [2.45, 2.75) is 39.0 Å². The van der Waals surface area contributed by atoms with E-state index in [2.05, 4.69) is 5.10 Å². The van der Waals surface area contributed by atoms with Gasteiger partial charge in [-0.2, -0.15) is 5.10 Å². The predicted molar refractivity (Wildman–Crippen MR) is 53.9 cm³/mol. The van der Waals surface area contributed by atoms with Gasteiger partial charge in [-0.15, -0.1) is 0 Å². The first-order valence-electron chi connectivity index (χ1n) is 4.90. The number of aromatic nitrogens is 2. The molecule has 1 aromatic heterocycles. The van der Waals surface area contributed by atoms with E-state index < -0.39 is 6.10 Å². The molecule has 2 atom stereocenters. The Morgan fingerprint density at radius 3 is 2.93 bits per heavy atom. The lowest BCUT2D eigenvalue weighted by atomic mass is 10.2. The van der Waals surface area contributed by atoms with Gasteiger partial charge in [0.25, 0.3) is 0 Å². The molecule has 0 fully saturated rings. The molecule has 0 aliphatic carbocycles. The summed E-state index contributed by atoms with van der Waals surface area (Å²) in [5.74, 6) is 0. The van der Waals surface area contributed by atoms with Crippen LogP contribution in [0.3, 0.4) is 0 Å². The molecule has 14 heavy (non-hydrogen) atoms. The minimum absolute atomic E-state index is 0.140. The molecule has 0 spiro atoms. The minimum atomic E-state index is -0.401. The second-order valence-electron chi connectivity index (χ2n) is 3.47. The predicted octanol–water partition coefficient (Wildman–Crippen LogP) is 1.36. The van der Waals surface area contributed by atoms with E-state index in [4.69, 9.17) is 4.74 Å². The molecule has 1 rings (SSSR count). The third-order valence-corrected chi connectivity index (χ3v) is 2.27. The summed E-state index contributed by atoms with van der Waals surface area (Å²) in [4.78, 5) is 0. The quantitative estimate of drug-likeness (QED) is 0.777. The van der Waals surface area contributed by atoms with Crippen LogP contribution in [0.5, 0.6) is 0 Å². The third kappa shape index (κ3) is 2.82. The number of ether oxygens (including phenoxy) is 1. The van der Waals surface area contributed by atoms with Crippen LogP contribution in [0.4, 0.5) is 0 Å². The van der Waals surface area contributed by atoms with Gasteiger partial charge in [-0.25, -0.2) is 0 Å². The van der Waals surface area contributed by atoms with Gasteiger partial charge >= 0.3 is 0 Å². The Balaban J connectivity index is 2.59. The van der Waals surface area contributed by atoms with Gasteiger partial charge in [-0.3, -0.25) is 4.68 Å². The zero-order chi connectivity index (χ0) is 10.6. The zero-order valence-corrected chi connectivity index (χ0v) is 8.97. The van der Waals surface area contributed by atoms with E-state index in [1.54, 1.807) is 18.0 Å². The van der Waals surface area contributed by atoms with Crippen molar-refractivity contribution < 1.29 is 9.84 Å². The number of aliphatic hydroxyl groups excluding tert-OH is 1. The third-order valence-electron chi connectivity index (χ3n) is 2.27. The average Bonchev–Trinajstić information content (AvgIpc) is 2.65. The Labute approximate surface area is 84.5 Å². The highest BCUT2D eigenvalue weighted by Crippen LogP contribution is 2.14. The number of hydrogen-bond donors (Lipinski definition) is 1. The molecule has 0 saturated heterocycles. The summed E-state index contributed by atoms with van der Waals surface area (Å²) in [5.41, 5.74) is 0.871. The molecule has 1 aromatic rings. The van der Waals surface area contributed by atoms with Gasteiger partial charge in [0.15, 0.2) is 0 Å². The molecule has 0 aliphatic rings. The fourth-order valence-corrected chi connectivity index (χ4v) is 1.23. The highest BCUT2D eigenvalue weighted by molar-refractivity contribution is 5.07. The highest BCUT2D eigenvalue weighted by atomic mass is 16.5. The van der Waals surface area contributed by atoms with Crippen LogP contribution >= 0.6 is 0 Å². The van der Waals surface area contributed by atoms with Crippen molar-refractivity contribution in [1.29, 1.82) is 0 Å². The lowest BCUT2D eigenvalue weighted by molar-refractivity contribution is 0.0996. The molecule has 80 valence electrons. The monoisotopic (exact) mass is 198 g/mol. The van der Waals surface area contributed by atoms with Crippen LogP contribution in [0.1, 0.15) is 31.9 Å². The van der Waals surface area contributed by atoms with Crippen molar-refractivity contribution in [2.24, 2.45) is 0 Å². The molecular formula is C10H18N2O2. The topological polar surface area (TPSA) is 47.3 Å². The summed E-state index contributed by atoms with van der Waals surface area (Å²) in [6.45, 7) is 4.64. The molecule has 0 saturated carbocycles. The Bertz CT molecular complexity index is 273. The Hall–Kier alpha value is -0.870. The first kappa shape index (κ1) is 11.2. The number of nitrogens with zero attached hydrogens (tertiary/aromatic N) is 2. The van der Waals surface area contributed by atoms with Gasteiger partial charge in [0.05, 0.1) is 24.9 Å². The number of methoxy groups -OCH3 is 1. The first-order valence-corrected chi connectivity index (χ1v) is 4.90. The molecule has 1 heterocycles. The van der Waals surface area contributed by atoms with Crippen LogP contribution in [0.15, 0.2) is 12.4 Å². The molecule has 4 nitrogen and oxygen atoms in total. The van der Waals surface area contributed by atoms with Crippen molar-refractivity contribution in [2.75, 3.05) is 7.11 Å². The molecule has 0 bridgehead atoms. The molecule has 0 aromatic carbocycles. The van der Waals surface area contributed by atoms with Crippen molar-refractivity contribution in [3.63, 3.8) is 0 Å². The van der Waals surface area contributed by atoms with Gasteiger partial charge in [0.1, 0.15) is 0 Å². The van der Waals surface area contributed by atoms with Crippen LogP contribution < -0.4 is 0 Å². The van der Waals surface area contributed by atoms with E-state index in [-0.39, 0.29) is 6.10 Å². The summed E-state index contributed by atoms with van der Waals surface area (Å²) in [6, 6.07) is 0. The van der Waals surface area contributed by atoms with Gasteiger partial charge in [-0.05, 0) is 13.3 Å². The normalized spacial score (nSPS) is 15.4. The summed E-state index contributed by atoms with van der Waals surface area (Å²) >= 11 is 0. The van der Waals surface area contributed by atoms with Gasteiger partial charge < -0.3 is 9.84 Å². The highest BCUT2D eigenvalue weighted by Gasteiger charge is 2.08. The smallest absolute Gasteiger partial charge is 0.0817 e. The number of rotatable bonds is 5. The minimum Gasteiger partial charge on any atom is -0.388 e. The lowest BCUT2D eigenvalue weighted by Gasteiger charge is -2.08. The average molecular weight is 198 g/mol. The number of hydrogen-bond acceptors (Lipinski definition) is 3. The van der Waals surface area contributed by atoms with E-state index >= 15 is 0 Å². The van der Waals surface area contributed by atoms with E-state index in [9.17, 15) is 5.11 Å². The second-order valence-corrected chi connectivity index (χ2v) is 3.47. The summed E-state index contributed by atoms with van der Waals surface area (Å²) in [7, 11) is 1.68. The molecule has 2 unspecified atom stereocenters. The van der Waals surface area contributed by atoms with Crippen LogP contribution in [-0.2, 0) is 11.3 Å². The van der Waals surface area contributed by atoms with Crippen molar-refractivity contribution in [1.82, 2.24) is 9.78 Å². The fraction of sp³-hybridized carbons (Fsp3) is 0.700. The Morgan fingerprint density at radius 1 is 1.64 bits per heavy atom. The van der Waals surface area contributed by atoms with E-state index in [0.717, 1.165) is 5.56 Å². The zero-order valence-electron chi connectivity index (χ0n) is 8.97. The largest absolute Gasteiger partial charge is 0.388 e. The molecular weight excluding hydrogens is 180 g/mol. The molecule has 4 heteroatoms. The maximum atomic E-state index is 9.55. The lowest BCUT2D eigenvalue weighted by Crippen LogP contribution is -2.14. The maximum Gasteiger partial charge on any atom is 0.0817 e. The fourth-order valence-electron chi connectivity index (χ4n) is 1.23. The standard InChI is InChI=1S/C10H18N2O2/c1-4-10(13)9-5-11-12(7-9)6-8(2)14-3/h5,7-8,10,13H,4,6H2,1-3H3. The maximum absolute atomic E-state index is 9.55. The van der Waals surface area contributed by atoms with Crippen LogP contribution in [0.25, 0.3) is 0 Å².